The molecule has 0 bridgehead atoms. The molecule has 2 heterocycles. The van der Waals surface area contributed by atoms with Gasteiger partial charge in [-0.05, 0) is 61.7 Å². The molecule has 2 aromatic heterocycles. The number of amides is 1. The van der Waals surface area contributed by atoms with Gasteiger partial charge in [0.1, 0.15) is 11.1 Å². The van der Waals surface area contributed by atoms with E-state index in [-0.39, 0.29) is 5.91 Å². The number of anilines is 1. The fourth-order valence-electron chi connectivity index (χ4n) is 3.24. The molecule has 132 valence electrons. The number of rotatable bonds is 5. The highest BCUT2D eigenvalue weighted by atomic mass is 32.1. The van der Waals surface area contributed by atoms with Gasteiger partial charge in [0.15, 0.2) is 0 Å². The van der Waals surface area contributed by atoms with Crippen LogP contribution in [0.25, 0.3) is 0 Å². The lowest BCUT2D eigenvalue weighted by Gasteiger charge is -2.17. The number of aryl methyl sites for hydroxylation is 1. The Morgan fingerprint density at radius 3 is 3.00 bits per heavy atom. The molecule has 0 saturated carbocycles. The highest BCUT2D eigenvalue weighted by molar-refractivity contribution is 7.16. The maximum absolute atomic E-state index is 12.4. The SMILES string of the molecule is Cc1ccsc1CN(C)CC(=O)Nc1sc2c(c1C#N)CC[C@H](C)C2. The largest absolute Gasteiger partial charge is 0.315 e. The fourth-order valence-corrected chi connectivity index (χ4v) is 5.60. The van der Waals surface area contributed by atoms with E-state index in [2.05, 4.69) is 36.7 Å². The Kier molecular flexibility index (Phi) is 5.57. The van der Waals surface area contributed by atoms with Gasteiger partial charge in [-0.25, -0.2) is 0 Å². The minimum Gasteiger partial charge on any atom is -0.315 e. The number of thiophene rings is 2. The zero-order chi connectivity index (χ0) is 18.0. The third kappa shape index (κ3) is 4.12. The molecule has 1 N–H and O–H groups in total. The molecule has 0 aliphatic heterocycles. The molecule has 0 aromatic carbocycles. The molecular weight excluding hydrogens is 350 g/mol. The van der Waals surface area contributed by atoms with Crippen molar-refractivity contribution in [2.24, 2.45) is 5.92 Å². The summed E-state index contributed by atoms with van der Waals surface area (Å²) in [5, 5.41) is 15.3. The van der Waals surface area contributed by atoms with E-state index >= 15 is 0 Å². The summed E-state index contributed by atoms with van der Waals surface area (Å²) in [6.45, 7) is 5.42. The summed E-state index contributed by atoms with van der Waals surface area (Å²) in [6.07, 6.45) is 3.08. The van der Waals surface area contributed by atoms with Crippen LogP contribution in [0.4, 0.5) is 5.00 Å². The van der Waals surface area contributed by atoms with E-state index in [1.807, 2.05) is 11.9 Å². The molecule has 1 atom stereocenters. The predicted molar refractivity (Wildman–Crippen MR) is 104 cm³/mol. The van der Waals surface area contributed by atoms with E-state index in [1.54, 1.807) is 22.7 Å². The van der Waals surface area contributed by atoms with E-state index in [9.17, 15) is 10.1 Å². The van der Waals surface area contributed by atoms with Gasteiger partial charge in [0.2, 0.25) is 5.91 Å². The van der Waals surface area contributed by atoms with Crippen LogP contribution in [0.15, 0.2) is 11.4 Å². The molecule has 0 spiro atoms. The first-order valence-corrected chi connectivity index (χ1v) is 10.2. The van der Waals surface area contributed by atoms with Crippen LogP contribution >= 0.6 is 22.7 Å². The predicted octanol–water partition coefficient (Wildman–Crippen LogP) is 4.19. The van der Waals surface area contributed by atoms with Crippen molar-refractivity contribution in [1.29, 1.82) is 5.26 Å². The van der Waals surface area contributed by atoms with E-state index < -0.39 is 0 Å². The van der Waals surface area contributed by atoms with E-state index in [4.69, 9.17) is 0 Å². The Hall–Kier alpha value is -1.68. The first-order valence-electron chi connectivity index (χ1n) is 8.54. The van der Waals surface area contributed by atoms with Gasteiger partial charge < -0.3 is 5.32 Å². The summed E-state index contributed by atoms with van der Waals surface area (Å²) >= 11 is 3.30. The maximum atomic E-state index is 12.4. The smallest absolute Gasteiger partial charge is 0.239 e. The first-order chi connectivity index (χ1) is 12.0. The molecule has 0 radical (unpaired) electrons. The van der Waals surface area contributed by atoms with Crippen LogP contribution in [-0.2, 0) is 24.2 Å². The molecule has 1 amide bonds. The minimum absolute atomic E-state index is 0.0557. The highest BCUT2D eigenvalue weighted by Gasteiger charge is 2.24. The van der Waals surface area contributed by atoms with Gasteiger partial charge >= 0.3 is 0 Å². The Bertz CT molecular complexity index is 815. The molecule has 0 unspecified atom stereocenters. The van der Waals surface area contributed by atoms with Gasteiger partial charge in [-0.15, -0.1) is 22.7 Å². The number of carbonyl (C=O) groups is 1. The van der Waals surface area contributed by atoms with Crippen molar-refractivity contribution in [3.63, 3.8) is 0 Å². The molecule has 1 aliphatic carbocycles. The summed E-state index contributed by atoms with van der Waals surface area (Å²) in [5.41, 5.74) is 3.10. The molecule has 0 saturated heterocycles. The van der Waals surface area contributed by atoms with E-state index in [0.717, 1.165) is 36.4 Å². The van der Waals surface area contributed by atoms with E-state index in [1.165, 1.54) is 15.3 Å². The van der Waals surface area contributed by atoms with E-state index in [0.29, 0.717) is 18.0 Å². The molecule has 4 nitrogen and oxygen atoms in total. The van der Waals surface area contributed by atoms with Crippen molar-refractivity contribution in [2.45, 2.75) is 39.7 Å². The quantitative estimate of drug-likeness (QED) is 0.855. The van der Waals surface area contributed by atoms with Gasteiger partial charge in [-0.2, -0.15) is 5.26 Å². The van der Waals surface area contributed by atoms with Crippen molar-refractivity contribution in [2.75, 3.05) is 18.9 Å². The van der Waals surface area contributed by atoms with Crippen LogP contribution in [0.2, 0.25) is 0 Å². The number of hydrogen-bond donors (Lipinski definition) is 1. The van der Waals surface area contributed by atoms with Crippen LogP contribution in [0, 0.1) is 24.2 Å². The lowest BCUT2D eigenvalue weighted by atomic mass is 9.89. The van der Waals surface area contributed by atoms with Crippen LogP contribution in [0.1, 0.15) is 39.8 Å². The first kappa shape index (κ1) is 18.1. The summed E-state index contributed by atoms with van der Waals surface area (Å²) < 4.78 is 0. The van der Waals surface area contributed by atoms with Crippen molar-refractivity contribution in [1.82, 2.24) is 4.90 Å². The number of nitrogens with zero attached hydrogens (tertiary/aromatic N) is 2. The van der Waals surface area contributed by atoms with Crippen molar-refractivity contribution >= 4 is 33.6 Å². The standard InChI is InChI=1S/C19H23N3OS2/c1-12-4-5-14-15(9-20)19(25-16(14)8-12)21-18(23)11-22(3)10-17-13(2)6-7-24-17/h6-7,12H,4-5,8,10-11H2,1-3H3,(H,21,23)/t12-/m0/s1. The second-order valence-corrected chi connectivity index (χ2v) is 9.02. The number of nitriles is 1. The summed E-state index contributed by atoms with van der Waals surface area (Å²) in [7, 11) is 1.95. The molecule has 1 aliphatic rings. The molecular formula is C19H23N3OS2. The zero-order valence-corrected chi connectivity index (χ0v) is 16.5. The van der Waals surface area contributed by atoms with Gasteiger partial charge in [0.05, 0.1) is 12.1 Å². The van der Waals surface area contributed by atoms with Crippen molar-refractivity contribution in [3.8, 4) is 6.07 Å². The molecule has 3 rings (SSSR count). The van der Waals surface area contributed by atoms with Crippen LogP contribution in [0.3, 0.4) is 0 Å². The third-order valence-corrected chi connectivity index (χ3v) is 6.85. The summed E-state index contributed by atoms with van der Waals surface area (Å²) in [6, 6.07) is 4.41. The number of hydrogen-bond acceptors (Lipinski definition) is 5. The molecule has 0 fully saturated rings. The highest BCUT2D eigenvalue weighted by Crippen LogP contribution is 2.39. The Labute approximate surface area is 157 Å². The maximum Gasteiger partial charge on any atom is 0.239 e. The normalized spacial score (nSPS) is 16.5. The van der Waals surface area contributed by atoms with Crippen molar-refractivity contribution < 1.29 is 4.79 Å². The zero-order valence-electron chi connectivity index (χ0n) is 14.9. The topological polar surface area (TPSA) is 56.1 Å². The number of likely N-dealkylation sites (N-methyl/N-ethyl adjacent to an activating group) is 1. The van der Waals surface area contributed by atoms with Gasteiger partial charge in [-0.3, -0.25) is 9.69 Å². The van der Waals surface area contributed by atoms with Gasteiger partial charge in [-0.1, -0.05) is 6.92 Å². The van der Waals surface area contributed by atoms with Crippen molar-refractivity contribution in [3.05, 3.63) is 37.9 Å². The second kappa shape index (κ2) is 7.69. The van der Waals surface area contributed by atoms with Crippen LogP contribution < -0.4 is 5.32 Å². The number of carbonyl (C=O) groups excluding carboxylic acids is 1. The monoisotopic (exact) mass is 373 g/mol. The lowest BCUT2D eigenvalue weighted by molar-refractivity contribution is -0.117. The van der Waals surface area contributed by atoms with Crippen LogP contribution in [0.5, 0.6) is 0 Å². The number of fused-ring (bicyclic) bond motifs is 1. The average Bonchev–Trinajstić information content (AvgIpc) is 3.09. The lowest BCUT2D eigenvalue weighted by Crippen LogP contribution is -2.29. The van der Waals surface area contributed by atoms with Gasteiger partial charge in [0.25, 0.3) is 0 Å². The fraction of sp³-hybridized carbons (Fsp3) is 0.474. The molecule has 2 aromatic rings. The van der Waals surface area contributed by atoms with Gasteiger partial charge in [0, 0.05) is 16.3 Å². The summed E-state index contributed by atoms with van der Waals surface area (Å²) in [4.78, 5) is 17.0. The minimum atomic E-state index is -0.0557. The molecule has 25 heavy (non-hydrogen) atoms. The Morgan fingerprint density at radius 1 is 1.52 bits per heavy atom. The molecule has 6 heteroatoms. The average molecular weight is 374 g/mol. The summed E-state index contributed by atoms with van der Waals surface area (Å²) in [5.74, 6) is 0.598. The van der Waals surface area contributed by atoms with Crippen LogP contribution in [-0.4, -0.2) is 24.4 Å². The Balaban J connectivity index is 1.65. The third-order valence-electron chi connectivity index (χ3n) is 4.67. The second-order valence-electron chi connectivity index (χ2n) is 6.91. The Morgan fingerprint density at radius 2 is 2.32 bits per heavy atom. The number of nitrogens with one attached hydrogen (secondary N) is 1.